The summed E-state index contributed by atoms with van der Waals surface area (Å²) in [5.74, 6) is 0.367. The van der Waals surface area contributed by atoms with Gasteiger partial charge in [-0.1, -0.05) is 0 Å². The van der Waals surface area contributed by atoms with Crippen LogP contribution in [0.4, 0.5) is 5.82 Å². The number of aromatic nitrogens is 4. The molecule has 0 radical (unpaired) electrons. The lowest BCUT2D eigenvalue weighted by molar-refractivity contribution is -0.670. The Hall–Kier alpha value is -2.18. The summed E-state index contributed by atoms with van der Waals surface area (Å²) in [5.41, 5.74) is 0. The summed E-state index contributed by atoms with van der Waals surface area (Å²) in [5, 5.41) is 10.5. The average Bonchev–Trinajstić information content (AvgIpc) is 2.71. The quantitative estimate of drug-likeness (QED) is 0.394. The maximum atomic E-state index is 10.5. The predicted molar refractivity (Wildman–Crippen MR) is 50.4 cm³/mol. The molecule has 2 aromatic rings. The van der Waals surface area contributed by atoms with Crippen LogP contribution in [0.15, 0.2) is 24.9 Å². The summed E-state index contributed by atoms with van der Waals surface area (Å²) < 4.78 is 5.16. The van der Waals surface area contributed by atoms with E-state index in [4.69, 9.17) is 0 Å². The smallest absolute Gasteiger partial charge is 0.358 e. The van der Waals surface area contributed by atoms with Crippen molar-refractivity contribution < 1.29 is 9.49 Å². The summed E-state index contributed by atoms with van der Waals surface area (Å²) in [6.45, 7) is 0. The molecule has 0 saturated carbocycles. The Kier molecular flexibility index (Phi) is 2.00. The second kappa shape index (κ2) is 3.19. The molecular formula is C8H10N5O2+. The lowest BCUT2D eigenvalue weighted by atomic mass is 10.8. The second-order valence-corrected chi connectivity index (χ2v) is 3.25. The Morgan fingerprint density at radius 3 is 2.80 bits per heavy atom. The van der Waals surface area contributed by atoms with Crippen LogP contribution in [0.25, 0.3) is 5.95 Å². The van der Waals surface area contributed by atoms with Gasteiger partial charge in [0.1, 0.15) is 18.6 Å². The first-order chi connectivity index (χ1) is 7.08. The van der Waals surface area contributed by atoms with Crippen molar-refractivity contribution in [1.82, 2.24) is 14.1 Å². The normalized spacial score (nSPS) is 10.5. The van der Waals surface area contributed by atoms with Crippen LogP contribution in [0.5, 0.6) is 0 Å². The van der Waals surface area contributed by atoms with Crippen LogP contribution < -0.4 is 4.57 Å². The molecule has 2 heterocycles. The minimum absolute atomic E-state index is 0.149. The van der Waals surface area contributed by atoms with E-state index in [0.29, 0.717) is 5.95 Å². The fraction of sp³-hybridized carbons (Fsp3) is 0.250. The van der Waals surface area contributed by atoms with E-state index in [9.17, 15) is 10.1 Å². The van der Waals surface area contributed by atoms with E-state index < -0.39 is 4.92 Å². The van der Waals surface area contributed by atoms with Gasteiger partial charge in [-0.25, -0.2) is 4.57 Å². The van der Waals surface area contributed by atoms with Crippen LogP contribution in [0.2, 0.25) is 0 Å². The number of aryl methyl sites for hydroxylation is 2. The highest BCUT2D eigenvalue weighted by molar-refractivity contribution is 5.25. The molecule has 0 N–H and O–H groups in total. The minimum Gasteiger partial charge on any atom is -0.358 e. The monoisotopic (exact) mass is 208 g/mol. The number of rotatable bonds is 2. The van der Waals surface area contributed by atoms with Gasteiger partial charge in [0.05, 0.1) is 7.05 Å². The van der Waals surface area contributed by atoms with Gasteiger partial charge in [-0.2, -0.15) is 0 Å². The van der Waals surface area contributed by atoms with Crippen LogP contribution in [0.1, 0.15) is 0 Å². The van der Waals surface area contributed by atoms with E-state index in [1.807, 2.05) is 17.8 Å². The molecular weight excluding hydrogens is 198 g/mol. The van der Waals surface area contributed by atoms with Crippen molar-refractivity contribution in [3.8, 4) is 5.95 Å². The fourth-order valence-electron chi connectivity index (χ4n) is 1.34. The van der Waals surface area contributed by atoms with Crippen molar-refractivity contribution in [2.24, 2.45) is 14.1 Å². The van der Waals surface area contributed by atoms with Gasteiger partial charge in [-0.15, -0.1) is 4.57 Å². The molecule has 0 aliphatic carbocycles. The van der Waals surface area contributed by atoms with Crippen molar-refractivity contribution in [3.63, 3.8) is 0 Å². The van der Waals surface area contributed by atoms with Crippen molar-refractivity contribution in [2.75, 3.05) is 0 Å². The topological polar surface area (TPSA) is 69.8 Å². The van der Waals surface area contributed by atoms with E-state index in [1.54, 1.807) is 28.7 Å². The number of hydrogen-bond donors (Lipinski definition) is 0. The molecule has 2 rings (SSSR count). The van der Waals surface area contributed by atoms with E-state index in [-0.39, 0.29) is 5.82 Å². The molecule has 0 aliphatic heterocycles. The largest absolute Gasteiger partial charge is 0.418 e. The van der Waals surface area contributed by atoms with E-state index >= 15 is 0 Å². The van der Waals surface area contributed by atoms with Crippen LogP contribution in [-0.2, 0) is 14.1 Å². The molecule has 7 nitrogen and oxygen atoms in total. The Morgan fingerprint density at radius 1 is 1.60 bits per heavy atom. The number of nitro groups is 1. The second-order valence-electron chi connectivity index (χ2n) is 3.25. The van der Waals surface area contributed by atoms with Gasteiger partial charge >= 0.3 is 11.8 Å². The molecule has 0 unspecified atom stereocenters. The molecule has 15 heavy (non-hydrogen) atoms. The zero-order valence-corrected chi connectivity index (χ0v) is 8.36. The highest BCUT2D eigenvalue weighted by atomic mass is 16.6. The first-order valence-corrected chi connectivity index (χ1v) is 4.29. The van der Waals surface area contributed by atoms with Gasteiger partial charge in [0, 0.05) is 12.0 Å². The van der Waals surface area contributed by atoms with Crippen LogP contribution >= 0.6 is 0 Å². The Balaban J connectivity index is 2.49. The van der Waals surface area contributed by atoms with Crippen molar-refractivity contribution >= 4 is 5.82 Å². The van der Waals surface area contributed by atoms with Crippen molar-refractivity contribution in [1.29, 1.82) is 0 Å². The fourth-order valence-corrected chi connectivity index (χ4v) is 1.34. The number of nitrogens with zero attached hydrogens (tertiary/aromatic N) is 5. The molecule has 78 valence electrons. The standard InChI is InChI=1S/C8H10N5O2/c1-10-3-4-12(6-10)8-9-7(13(14)15)5-11(8)2/h3-6H,1-2H3/q+1. The molecule has 0 aromatic carbocycles. The lowest BCUT2D eigenvalue weighted by Crippen LogP contribution is -2.23. The molecule has 7 heteroatoms. The Morgan fingerprint density at radius 2 is 2.33 bits per heavy atom. The highest BCUT2D eigenvalue weighted by Crippen LogP contribution is 2.12. The zero-order chi connectivity index (χ0) is 11.0. The number of hydrogen-bond acceptors (Lipinski definition) is 3. The maximum absolute atomic E-state index is 10.5. The SMILES string of the molecule is Cn1cc([N+](=O)[O-])nc1-n1cc[n+](C)c1. The van der Waals surface area contributed by atoms with Gasteiger partial charge in [-0.3, -0.25) is 4.57 Å². The van der Waals surface area contributed by atoms with Crippen molar-refractivity contribution in [2.45, 2.75) is 0 Å². The first-order valence-electron chi connectivity index (χ1n) is 4.29. The maximum Gasteiger partial charge on any atom is 0.418 e. The summed E-state index contributed by atoms with van der Waals surface area (Å²) >= 11 is 0. The van der Waals surface area contributed by atoms with Crippen LogP contribution in [0.3, 0.4) is 0 Å². The molecule has 0 aliphatic rings. The molecule has 0 amide bonds. The van der Waals surface area contributed by atoms with E-state index in [0.717, 1.165) is 0 Å². The molecule has 2 aromatic heterocycles. The van der Waals surface area contributed by atoms with Gasteiger partial charge in [-0.05, 0) is 4.92 Å². The third kappa shape index (κ3) is 1.58. The summed E-state index contributed by atoms with van der Waals surface area (Å²) in [6.07, 6.45) is 6.79. The number of imidazole rings is 2. The lowest BCUT2D eigenvalue weighted by Gasteiger charge is -1.87. The predicted octanol–water partition coefficient (Wildman–Crippen LogP) is -0.0565. The first kappa shape index (κ1) is 9.38. The van der Waals surface area contributed by atoms with Crippen molar-refractivity contribution in [3.05, 3.63) is 35.0 Å². The third-order valence-corrected chi connectivity index (χ3v) is 2.03. The zero-order valence-electron chi connectivity index (χ0n) is 8.36. The highest BCUT2D eigenvalue weighted by Gasteiger charge is 2.21. The minimum atomic E-state index is -0.507. The molecule has 0 spiro atoms. The average molecular weight is 208 g/mol. The summed E-state index contributed by atoms with van der Waals surface area (Å²) in [7, 11) is 3.59. The van der Waals surface area contributed by atoms with E-state index in [2.05, 4.69) is 4.98 Å². The molecule has 0 fully saturated rings. The van der Waals surface area contributed by atoms with Crippen LogP contribution in [0, 0.1) is 10.1 Å². The molecule has 0 bridgehead atoms. The Labute approximate surface area is 85.4 Å². The molecule has 0 atom stereocenters. The van der Waals surface area contributed by atoms with Gasteiger partial charge in [0.25, 0.3) is 6.33 Å². The van der Waals surface area contributed by atoms with Gasteiger partial charge < -0.3 is 10.1 Å². The summed E-state index contributed by atoms with van der Waals surface area (Å²) in [4.78, 5) is 13.9. The van der Waals surface area contributed by atoms with Gasteiger partial charge in [0.2, 0.25) is 0 Å². The van der Waals surface area contributed by atoms with E-state index in [1.165, 1.54) is 6.20 Å². The van der Waals surface area contributed by atoms with Crippen LogP contribution in [-0.4, -0.2) is 19.0 Å². The third-order valence-electron chi connectivity index (χ3n) is 2.03. The van der Waals surface area contributed by atoms with Gasteiger partial charge in [0.15, 0.2) is 0 Å². The Bertz CT molecular complexity index is 513. The summed E-state index contributed by atoms with van der Waals surface area (Å²) in [6, 6.07) is 0. The molecule has 0 saturated heterocycles.